The maximum absolute atomic E-state index is 13.2. The fraction of sp³-hybridized carbons (Fsp3) is 0.417. The number of methoxy groups -OCH3 is 1. The molecule has 2 aromatic rings. The topological polar surface area (TPSA) is 58.6 Å². The van der Waals surface area contributed by atoms with E-state index in [4.69, 9.17) is 27.9 Å². The first-order valence-electron chi connectivity index (χ1n) is 10.5. The molecule has 0 aromatic heterocycles. The van der Waals surface area contributed by atoms with E-state index in [1.807, 2.05) is 38.1 Å². The molecule has 2 amide bonds. The third-order valence-corrected chi connectivity index (χ3v) is 6.75. The van der Waals surface area contributed by atoms with Crippen molar-refractivity contribution in [1.82, 2.24) is 10.2 Å². The molecule has 5 nitrogen and oxygen atoms in total. The van der Waals surface area contributed by atoms with E-state index in [0.717, 1.165) is 23.3 Å². The molecule has 0 saturated heterocycles. The summed E-state index contributed by atoms with van der Waals surface area (Å²) in [4.78, 5) is 27.5. The molecule has 1 N–H and O–H groups in total. The molecule has 0 fully saturated rings. The lowest BCUT2D eigenvalue weighted by molar-refractivity contribution is -0.138. The Hall–Kier alpha value is -1.89. The summed E-state index contributed by atoms with van der Waals surface area (Å²) < 4.78 is 5.18. The molecule has 0 bridgehead atoms. The minimum Gasteiger partial charge on any atom is -0.497 e. The predicted molar refractivity (Wildman–Crippen MR) is 134 cm³/mol. The van der Waals surface area contributed by atoms with Crippen molar-refractivity contribution in [2.45, 2.75) is 51.6 Å². The van der Waals surface area contributed by atoms with Crippen LogP contribution in [0.3, 0.4) is 0 Å². The van der Waals surface area contributed by atoms with Crippen molar-refractivity contribution in [3.63, 3.8) is 0 Å². The van der Waals surface area contributed by atoms with Gasteiger partial charge in [0.15, 0.2) is 0 Å². The van der Waals surface area contributed by atoms with Gasteiger partial charge in [0.25, 0.3) is 0 Å². The van der Waals surface area contributed by atoms with Crippen LogP contribution in [0.15, 0.2) is 42.5 Å². The monoisotopic (exact) mass is 496 g/mol. The molecule has 0 aliphatic rings. The normalized spacial score (nSPS) is 12.7. The molecule has 2 atom stereocenters. The summed E-state index contributed by atoms with van der Waals surface area (Å²) >= 11 is 13.9. The van der Waals surface area contributed by atoms with Crippen LogP contribution < -0.4 is 10.1 Å². The first kappa shape index (κ1) is 26.4. The van der Waals surface area contributed by atoms with Crippen LogP contribution in [0, 0.1) is 0 Å². The average Bonchev–Trinajstić information content (AvgIpc) is 2.78. The Morgan fingerprint density at radius 1 is 1.12 bits per heavy atom. The highest BCUT2D eigenvalue weighted by Gasteiger charge is 2.27. The molecule has 0 unspecified atom stereocenters. The molecule has 2 rings (SSSR count). The molecule has 174 valence electrons. The summed E-state index contributed by atoms with van der Waals surface area (Å²) in [6.07, 6.45) is 0.813. The highest BCUT2D eigenvalue weighted by Crippen LogP contribution is 2.24. The van der Waals surface area contributed by atoms with Crippen LogP contribution >= 0.6 is 35.0 Å². The summed E-state index contributed by atoms with van der Waals surface area (Å²) in [7, 11) is 1.63. The Morgan fingerprint density at radius 3 is 2.41 bits per heavy atom. The van der Waals surface area contributed by atoms with E-state index in [0.29, 0.717) is 15.8 Å². The summed E-state index contributed by atoms with van der Waals surface area (Å²) in [6, 6.07) is 12.3. The number of nitrogens with one attached hydrogen (secondary N) is 1. The van der Waals surface area contributed by atoms with Gasteiger partial charge >= 0.3 is 0 Å². The van der Waals surface area contributed by atoms with Gasteiger partial charge in [0.2, 0.25) is 11.8 Å². The molecule has 0 saturated carbocycles. The second kappa shape index (κ2) is 13.0. The number of carbonyl (C=O) groups is 2. The zero-order valence-corrected chi connectivity index (χ0v) is 21.2. The maximum atomic E-state index is 13.2. The minimum atomic E-state index is -0.634. The van der Waals surface area contributed by atoms with Gasteiger partial charge in [0.05, 0.1) is 12.9 Å². The Kier molecular flexibility index (Phi) is 10.7. The fourth-order valence-corrected chi connectivity index (χ4v) is 4.28. The van der Waals surface area contributed by atoms with Crippen LogP contribution in [0.4, 0.5) is 0 Å². The van der Waals surface area contributed by atoms with Crippen LogP contribution in [0.2, 0.25) is 10.0 Å². The zero-order valence-electron chi connectivity index (χ0n) is 18.9. The summed E-state index contributed by atoms with van der Waals surface area (Å²) in [6.45, 7) is 5.92. The highest BCUT2D eigenvalue weighted by molar-refractivity contribution is 7.99. The van der Waals surface area contributed by atoms with Gasteiger partial charge in [-0.25, -0.2) is 0 Å². The van der Waals surface area contributed by atoms with Crippen LogP contribution in [-0.4, -0.2) is 41.7 Å². The largest absolute Gasteiger partial charge is 0.497 e. The van der Waals surface area contributed by atoms with E-state index in [1.54, 1.807) is 37.1 Å². The quantitative estimate of drug-likeness (QED) is 0.441. The number of hydrogen-bond donors (Lipinski definition) is 1. The van der Waals surface area contributed by atoms with Crippen LogP contribution in [-0.2, 0) is 21.9 Å². The molecule has 2 aromatic carbocycles. The summed E-state index contributed by atoms with van der Waals surface area (Å²) in [5.74, 6) is 1.41. The molecular formula is C24H30Cl2N2O3S. The molecule has 8 heteroatoms. The smallest absolute Gasteiger partial charge is 0.242 e. The Morgan fingerprint density at radius 2 is 1.81 bits per heavy atom. The fourth-order valence-electron chi connectivity index (χ4n) is 2.94. The number of carbonyl (C=O) groups excluding carboxylic acids is 2. The van der Waals surface area contributed by atoms with E-state index in [-0.39, 0.29) is 30.2 Å². The number of nitrogens with zero attached hydrogens (tertiary/aromatic N) is 1. The van der Waals surface area contributed by atoms with E-state index in [1.165, 1.54) is 11.8 Å². The van der Waals surface area contributed by atoms with Crippen molar-refractivity contribution in [2.75, 3.05) is 12.9 Å². The summed E-state index contributed by atoms with van der Waals surface area (Å²) in [5.41, 5.74) is 1.84. The number of thioether (sulfide) groups is 1. The lowest BCUT2D eigenvalue weighted by Crippen LogP contribution is -2.50. The van der Waals surface area contributed by atoms with Gasteiger partial charge in [-0.15, -0.1) is 11.8 Å². The van der Waals surface area contributed by atoms with E-state index in [9.17, 15) is 9.59 Å². The molecule has 0 aliphatic carbocycles. The maximum Gasteiger partial charge on any atom is 0.242 e. The van der Waals surface area contributed by atoms with Gasteiger partial charge in [-0.05, 0) is 55.7 Å². The SMILES string of the molecule is CC[C@@H](C)NC(=O)[C@@H](C)N(Cc1ccc(Cl)cc1Cl)C(=O)CSCc1ccc(OC)cc1. The first-order valence-corrected chi connectivity index (χ1v) is 12.4. The van der Waals surface area contributed by atoms with Gasteiger partial charge in [0, 0.05) is 28.4 Å². The standard InChI is InChI=1S/C24H30Cl2N2O3S/c1-5-16(2)27-24(30)17(3)28(13-19-8-9-20(25)12-22(19)26)23(29)15-32-14-18-6-10-21(31-4)11-7-18/h6-12,16-17H,5,13-15H2,1-4H3,(H,27,30)/t16-,17-/m1/s1. The van der Waals surface area contributed by atoms with Crippen molar-refractivity contribution in [3.8, 4) is 5.75 Å². The number of amides is 2. The van der Waals surface area contributed by atoms with Gasteiger partial charge in [-0.3, -0.25) is 9.59 Å². The second-order valence-corrected chi connectivity index (χ2v) is 9.42. The number of hydrogen-bond acceptors (Lipinski definition) is 4. The van der Waals surface area contributed by atoms with Crippen molar-refractivity contribution in [1.29, 1.82) is 0 Å². The Bertz CT molecular complexity index is 909. The summed E-state index contributed by atoms with van der Waals surface area (Å²) in [5, 5.41) is 3.95. The van der Waals surface area contributed by atoms with Crippen molar-refractivity contribution < 1.29 is 14.3 Å². The first-order chi connectivity index (χ1) is 15.2. The van der Waals surface area contributed by atoms with Crippen LogP contribution in [0.5, 0.6) is 5.75 Å². The Labute approximate surface area is 204 Å². The van der Waals surface area contributed by atoms with Crippen molar-refractivity contribution in [3.05, 3.63) is 63.6 Å². The molecular weight excluding hydrogens is 467 g/mol. The number of benzene rings is 2. The van der Waals surface area contributed by atoms with Crippen LogP contribution in [0.1, 0.15) is 38.3 Å². The van der Waals surface area contributed by atoms with Crippen molar-refractivity contribution in [2.24, 2.45) is 0 Å². The van der Waals surface area contributed by atoms with Gasteiger partial charge in [-0.1, -0.05) is 48.3 Å². The third kappa shape index (κ3) is 7.91. The lowest BCUT2D eigenvalue weighted by Gasteiger charge is -2.30. The zero-order chi connectivity index (χ0) is 23.7. The number of rotatable bonds is 11. The minimum absolute atomic E-state index is 0.0328. The molecule has 32 heavy (non-hydrogen) atoms. The van der Waals surface area contributed by atoms with E-state index in [2.05, 4.69) is 5.32 Å². The van der Waals surface area contributed by atoms with Crippen LogP contribution in [0.25, 0.3) is 0 Å². The van der Waals surface area contributed by atoms with E-state index < -0.39 is 6.04 Å². The van der Waals surface area contributed by atoms with Gasteiger partial charge < -0.3 is 15.0 Å². The van der Waals surface area contributed by atoms with E-state index >= 15 is 0 Å². The molecule has 0 aliphatic heterocycles. The van der Waals surface area contributed by atoms with Gasteiger partial charge in [0.1, 0.15) is 11.8 Å². The molecule has 0 heterocycles. The molecule has 0 radical (unpaired) electrons. The highest BCUT2D eigenvalue weighted by atomic mass is 35.5. The third-order valence-electron chi connectivity index (χ3n) is 5.18. The number of halogens is 2. The number of ether oxygens (including phenoxy) is 1. The average molecular weight is 497 g/mol. The Balaban J connectivity index is 2.10. The second-order valence-electron chi connectivity index (χ2n) is 7.59. The predicted octanol–water partition coefficient (Wildman–Crippen LogP) is 5.57. The lowest BCUT2D eigenvalue weighted by atomic mass is 10.1. The van der Waals surface area contributed by atoms with Crippen molar-refractivity contribution >= 4 is 46.8 Å². The molecule has 0 spiro atoms. The van der Waals surface area contributed by atoms with Gasteiger partial charge in [-0.2, -0.15) is 0 Å².